The lowest BCUT2D eigenvalue weighted by atomic mass is 10.2. The van der Waals surface area contributed by atoms with Gasteiger partial charge < -0.3 is 4.74 Å². The van der Waals surface area contributed by atoms with E-state index in [0.29, 0.717) is 27.2 Å². The summed E-state index contributed by atoms with van der Waals surface area (Å²) in [6, 6.07) is 21.7. The van der Waals surface area contributed by atoms with Crippen LogP contribution >= 0.6 is 22.9 Å². The van der Waals surface area contributed by atoms with Crippen molar-refractivity contribution in [2.75, 3.05) is 15.9 Å². The lowest BCUT2D eigenvalue weighted by molar-refractivity contribution is -0.116. The van der Waals surface area contributed by atoms with Gasteiger partial charge in [-0.3, -0.25) is 14.4 Å². The third kappa shape index (κ3) is 6.16. The zero-order valence-electron chi connectivity index (χ0n) is 18.8. The van der Waals surface area contributed by atoms with E-state index in [9.17, 15) is 13.2 Å². The monoisotopic (exact) mass is 528 g/mol. The molecule has 0 saturated heterocycles. The lowest BCUT2D eigenvalue weighted by Gasteiger charge is -2.28. The van der Waals surface area contributed by atoms with Gasteiger partial charge in [-0.15, -0.1) is 10.2 Å². The average Bonchev–Trinajstić information content (AvgIpc) is 3.29. The van der Waals surface area contributed by atoms with E-state index in [1.165, 1.54) is 18.3 Å². The van der Waals surface area contributed by atoms with Gasteiger partial charge in [0.15, 0.2) is 0 Å². The molecule has 4 aromatic rings. The van der Waals surface area contributed by atoms with Crippen LogP contribution in [0, 0.1) is 0 Å². The minimum Gasteiger partial charge on any atom is -0.457 e. The number of anilines is 2. The van der Waals surface area contributed by atoms with Crippen LogP contribution in [0.1, 0.15) is 6.92 Å². The summed E-state index contributed by atoms with van der Waals surface area (Å²) >= 11 is 7.09. The third-order valence-electron chi connectivity index (χ3n) is 4.90. The number of halogens is 1. The van der Waals surface area contributed by atoms with Crippen molar-refractivity contribution in [2.45, 2.75) is 13.0 Å². The van der Waals surface area contributed by atoms with Gasteiger partial charge in [0.25, 0.3) is 0 Å². The topological polar surface area (TPSA) is 101 Å². The fraction of sp³-hybridized carbons (Fsp3) is 0.125. The molecule has 0 saturated carbocycles. The first-order chi connectivity index (χ1) is 16.7. The molecule has 1 heterocycles. The average molecular weight is 529 g/mol. The van der Waals surface area contributed by atoms with Crippen LogP contribution in [-0.4, -0.2) is 36.8 Å². The van der Waals surface area contributed by atoms with E-state index in [1.54, 1.807) is 48.5 Å². The van der Waals surface area contributed by atoms with Crippen molar-refractivity contribution in [2.24, 2.45) is 0 Å². The van der Waals surface area contributed by atoms with E-state index < -0.39 is 22.0 Å². The highest BCUT2D eigenvalue weighted by atomic mass is 35.5. The fourth-order valence-electron chi connectivity index (χ4n) is 3.29. The van der Waals surface area contributed by atoms with Gasteiger partial charge in [-0.25, -0.2) is 8.42 Å². The summed E-state index contributed by atoms with van der Waals surface area (Å²) in [5, 5.41) is 12.2. The van der Waals surface area contributed by atoms with E-state index in [-0.39, 0.29) is 5.13 Å². The van der Waals surface area contributed by atoms with E-state index in [2.05, 4.69) is 15.5 Å². The Morgan fingerprint density at radius 2 is 1.60 bits per heavy atom. The number of hydrogen-bond acceptors (Lipinski definition) is 7. The zero-order valence-corrected chi connectivity index (χ0v) is 21.1. The van der Waals surface area contributed by atoms with Gasteiger partial charge in [0, 0.05) is 10.6 Å². The first-order valence-corrected chi connectivity index (χ1v) is 13.5. The number of nitrogens with one attached hydrogen (secondary N) is 1. The van der Waals surface area contributed by atoms with E-state index >= 15 is 0 Å². The van der Waals surface area contributed by atoms with Crippen LogP contribution in [0.15, 0.2) is 78.9 Å². The molecule has 4 rings (SSSR count). The third-order valence-corrected chi connectivity index (χ3v) is 7.29. The molecule has 1 N–H and O–H groups in total. The molecule has 1 atom stereocenters. The van der Waals surface area contributed by atoms with Gasteiger partial charge in [0.2, 0.25) is 21.1 Å². The molecule has 0 aliphatic heterocycles. The largest absolute Gasteiger partial charge is 0.457 e. The SMILES string of the molecule is C[C@@H](C(=O)Nc1nnc(-c2ccc(Cl)cc2)s1)N(c1ccc(Oc2ccccc2)cc1)S(C)(=O)=O. The van der Waals surface area contributed by atoms with Crippen LogP contribution in [-0.2, 0) is 14.8 Å². The molecule has 11 heteroatoms. The van der Waals surface area contributed by atoms with E-state index in [0.717, 1.165) is 16.1 Å². The van der Waals surface area contributed by atoms with Crippen molar-refractivity contribution in [1.82, 2.24) is 10.2 Å². The zero-order chi connectivity index (χ0) is 25.0. The van der Waals surface area contributed by atoms with Gasteiger partial charge in [-0.05, 0) is 55.5 Å². The number of carbonyl (C=O) groups excluding carboxylic acids is 1. The molecule has 0 radical (unpaired) electrons. The van der Waals surface area contributed by atoms with Crippen molar-refractivity contribution in [1.29, 1.82) is 0 Å². The molecule has 8 nitrogen and oxygen atoms in total. The molecule has 1 aromatic heterocycles. The second kappa shape index (κ2) is 10.4. The molecule has 180 valence electrons. The minimum absolute atomic E-state index is 0.256. The number of nitrogens with zero attached hydrogens (tertiary/aromatic N) is 3. The molecular weight excluding hydrogens is 508 g/mol. The molecular formula is C24H21ClN4O4S2. The number of rotatable bonds is 8. The summed E-state index contributed by atoms with van der Waals surface area (Å²) in [5.74, 6) is 0.649. The molecule has 0 bridgehead atoms. The van der Waals surface area contributed by atoms with Crippen LogP contribution in [0.5, 0.6) is 11.5 Å². The Morgan fingerprint density at radius 3 is 2.23 bits per heavy atom. The first-order valence-electron chi connectivity index (χ1n) is 10.4. The summed E-state index contributed by atoms with van der Waals surface area (Å²) in [6.45, 7) is 1.51. The normalized spacial score (nSPS) is 12.1. The maximum absolute atomic E-state index is 13.0. The van der Waals surface area contributed by atoms with Gasteiger partial charge >= 0.3 is 0 Å². The summed E-state index contributed by atoms with van der Waals surface area (Å²) in [4.78, 5) is 13.0. The summed E-state index contributed by atoms with van der Waals surface area (Å²) in [7, 11) is -3.78. The number of benzene rings is 3. The number of carbonyl (C=O) groups is 1. The molecule has 0 fully saturated rings. The van der Waals surface area contributed by atoms with Crippen molar-refractivity contribution < 1.29 is 17.9 Å². The van der Waals surface area contributed by atoms with Crippen LogP contribution in [0.25, 0.3) is 10.6 Å². The molecule has 35 heavy (non-hydrogen) atoms. The molecule has 0 unspecified atom stereocenters. The maximum Gasteiger partial charge on any atom is 0.249 e. The predicted molar refractivity (Wildman–Crippen MR) is 139 cm³/mol. The Bertz CT molecular complexity index is 1410. The van der Waals surface area contributed by atoms with Crippen LogP contribution in [0.2, 0.25) is 5.02 Å². The number of aromatic nitrogens is 2. The van der Waals surface area contributed by atoms with Crippen LogP contribution in [0.4, 0.5) is 10.8 Å². The van der Waals surface area contributed by atoms with Crippen molar-refractivity contribution in [3.8, 4) is 22.1 Å². The number of ether oxygens (including phenoxy) is 1. The van der Waals surface area contributed by atoms with Gasteiger partial charge in [-0.2, -0.15) is 0 Å². The Hall–Kier alpha value is -3.47. The molecule has 0 spiro atoms. The van der Waals surface area contributed by atoms with Gasteiger partial charge in [-0.1, -0.05) is 53.3 Å². The van der Waals surface area contributed by atoms with Crippen LogP contribution < -0.4 is 14.4 Å². The van der Waals surface area contributed by atoms with E-state index in [4.69, 9.17) is 16.3 Å². The highest BCUT2D eigenvalue weighted by Crippen LogP contribution is 2.29. The number of para-hydroxylation sites is 1. The molecule has 1 amide bonds. The Morgan fingerprint density at radius 1 is 0.971 bits per heavy atom. The summed E-state index contributed by atoms with van der Waals surface area (Å²) in [6.07, 6.45) is 1.05. The number of amides is 1. The van der Waals surface area contributed by atoms with Crippen LogP contribution in [0.3, 0.4) is 0 Å². The van der Waals surface area contributed by atoms with Gasteiger partial charge in [0.05, 0.1) is 11.9 Å². The summed E-state index contributed by atoms with van der Waals surface area (Å²) < 4.78 is 32.0. The minimum atomic E-state index is -3.78. The quantitative estimate of drug-likeness (QED) is 0.326. The molecule has 3 aromatic carbocycles. The smallest absolute Gasteiger partial charge is 0.249 e. The second-order valence-electron chi connectivity index (χ2n) is 7.55. The highest BCUT2D eigenvalue weighted by molar-refractivity contribution is 7.92. The van der Waals surface area contributed by atoms with Crippen molar-refractivity contribution in [3.05, 3.63) is 83.9 Å². The van der Waals surface area contributed by atoms with Crippen molar-refractivity contribution in [3.63, 3.8) is 0 Å². The lowest BCUT2D eigenvalue weighted by Crippen LogP contribution is -2.45. The summed E-state index contributed by atoms with van der Waals surface area (Å²) in [5.41, 5.74) is 1.13. The Labute approximate surface area is 212 Å². The first kappa shape index (κ1) is 24.6. The Kier molecular flexibility index (Phi) is 7.34. The molecule has 0 aliphatic rings. The Balaban J connectivity index is 1.49. The maximum atomic E-state index is 13.0. The second-order valence-corrected chi connectivity index (χ2v) is 10.8. The number of hydrogen-bond donors (Lipinski definition) is 1. The highest BCUT2D eigenvalue weighted by Gasteiger charge is 2.30. The molecule has 0 aliphatic carbocycles. The predicted octanol–water partition coefficient (Wildman–Crippen LogP) is 5.44. The van der Waals surface area contributed by atoms with Crippen molar-refractivity contribution >= 4 is 49.7 Å². The number of sulfonamides is 1. The standard InChI is InChI=1S/C24H21ClN4O4S2/c1-16(22(30)26-24-28-27-23(34-24)17-8-10-18(25)11-9-17)29(35(2,31)32)19-12-14-21(15-13-19)33-20-6-4-3-5-7-20/h3-16H,1-2H3,(H,26,28,30)/t16-/m0/s1. The van der Waals surface area contributed by atoms with Gasteiger partial charge in [0.1, 0.15) is 22.5 Å². The van der Waals surface area contributed by atoms with E-state index in [1.807, 2.05) is 30.3 Å². The fourth-order valence-corrected chi connectivity index (χ4v) is 5.34.